The number of hydrogen-bond donors (Lipinski definition) is 1. The topological polar surface area (TPSA) is 41.6 Å². The van der Waals surface area contributed by atoms with E-state index >= 15 is 0 Å². The number of rotatable bonds is 2. The molecule has 0 bridgehead atoms. The van der Waals surface area contributed by atoms with E-state index in [9.17, 15) is 0 Å². The Morgan fingerprint density at radius 3 is 2.56 bits per heavy atom. The van der Waals surface area contributed by atoms with Crippen LogP contribution in [0.3, 0.4) is 0 Å². The Bertz CT molecular complexity index is 306. The number of nitrogens with zero attached hydrogens (tertiary/aromatic N) is 2. The zero-order valence-corrected chi connectivity index (χ0v) is 11.1. The first-order valence-electron chi connectivity index (χ1n) is 6.47. The SMILES string of the molecule is CC(C)CN1C(N)=NCC12CCCC2(C)C. The van der Waals surface area contributed by atoms with Crippen molar-refractivity contribution in [2.75, 3.05) is 13.1 Å². The molecule has 0 amide bonds. The maximum absolute atomic E-state index is 6.08. The maximum atomic E-state index is 6.08. The Balaban J connectivity index is 2.28. The van der Waals surface area contributed by atoms with Crippen LogP contribution >= 0.6 is 0 Å². The summed E-state index contributed by atoms with van der Waals surface area (Å²) >= 11 is 0. The highest BCUT2D eigenvalue weighted by Crippen LogP contribution is 2.51. The van der Waals surface area contributed by atoms with Gasteiger partial charge in [-0.15, -0.1) is 0 Å². The van der Waals surface area contributed by atoms with Crippen LogP contribution in [0.25, 0.3) is 0 Å². The van der Waals surface area contributed by atoms with Gasteiger partial charge in [0, 0.05) is 6.54 Å². The molecule has 2 aliphatic rings. The van der Waals surface area contributed by atoms with Gasteiger partial charge in [0.1, 0.15) is 0 Å². The van der Waals surface area contributed by atoms with Crippen LogP contribution in [0, 0.1) is 11.3 Å². The van der Waals surface area contributed by atoms with E-state index in [4.69, 9.17) is 5.73 Å². The third-order valence-electron chi connectivity index (χ3n) is 4.50. The molecule has 1 fully saturated rings. The second-order valence-corrected chi connectivity index (χ2v) is 6.45. The maximum Gasteiger partial charge on any atom is 0.191 e. The third kappa shape index (κ3) is 1.52. The van der Waals surface area contributed by atoms with E-state index < -0.39 is 0 Å². The van der Waals surface area contributed by atoms with Gasteiger partial charge in [-0.25, -0.2) is 0 Å². The van der Waals surface area contributed by atoms with Gasteiger partial charge >= 0.3 is 0 Å². The van der Waals surface area contributed by atoms with E-state index in [-0.39, 0.29) is 5.54 Å². The average molecular weight is 223 g/mol. The smallest absolute Gasteiger partial charge is 0.191 e. The van der Waals surface area contributed by atoms with Crippen molar-refractivity contribution < 1.29 is 0 Å². The molecule has 0 aromatic heterocycles. The Morgan fingerprint density at radius 2 is 2.06 bits per heavy atom. The lowest BCUT2D eigenvalue weighted by molar-refractivity contribution is 0.0754. The van der Waals surface area contributed by atoms with E-state index in [2.05, 4.69) is 37.6 Å². The molecule has 0 aromatic rings. The van der Waals surface area contributed by atoms with Gasteiger partial charge in [0.25, 0.3) is 0 Å². The Morgan fingerprint density at radius 1 is 1.38 bits per heavy atom. The van der Waals surface area contributed by atoms with Crippen LogP contribution in [0.4, 0.5) is 0 Å². The minimum Gasteiger partial charge on any atom is -0.370 e. The molecule has 0 saturated heterocycles. The molecule has 1 spiro atoms. The lowest BCUT2D eigenvalue weighted by atomic mass is 9.74. The quantitative estimate of drug-likeness (QED) is 0.780. The Labute approximate surface area is 99.1 Å². The van der Waals surface area contributed by atoms with Crippen LogP contribution in [-0.2, 0) is 0 Å². The van der Waals surface area contributed by atoms with Crippen molar-refractivity contribution in [3.05, 3.63) is 0 Å². The lowest BCUT2D eigenvalue weighted by Crippen LogP contribution is -2.58. The average Bonchev–Trinajstić information content (AvgIpc) is 2.62. The molecule has 1 saturated carbocycles. The summed E-state index contributed by atoms with van der Waals surface area (Å²) in [5.74, 6) is 1.41. The molecule has 1 heterocycles. The van der Waals surface area contributed by atoms with Crippen molar-refractivity contribution in [3.63, 3.8) is 0 Å². The number of nitrogens with two attached hydrogens (primary N) is 1. The first-order chi connectivity index (χ1) is 7.39. The summed E-state index contributed by atoms with van der Waals surface area (Å²) in [6.07, 6.45) is 3.85. The molecule has 1 atom stereocenters. The van der Waals surface area contributed by atoms with E-state index in [0.717, 1.165) is 19.0 Å². The van der Waals surface area contributed by atoms with Gasteiger partial charge in [-0.05, 0) is 24.2 Å². The highest BCUT2D eigenvalue weighted by Gasteiger charge is 2.55. The molecule has 16 heavy (non-hydrogen) atoms. The van der Waals surface area contributed by atoms with Crippen molar-refractivity contribution in [1.82, 2.24) is 4.90 Å². The molecule has 2 rings (SSSR count). The molecular weight excluding hydrogens is 198 g/mol. The van der Waals surface area contributed by atoms with Crippen molar-refractivity contribution in [1.29, 1.82) is 0 Å². The second-order valence-electron chi connectivity index (χ2n) is 6.45. The van der Waals surface area contributed by atoms with Crippen LogP contribution in [0.1, 0.15) is 47.0 Å². The normalized spacial score (nSPS) is 32.8. The van der Waals surface area contributed by atoms with Crippen molar-refractivity contribution in [2.24, 2.45) is 22.1 Å². The summed E-state index contributed by atoms with van der Waals surface area (Å²) in [4.78, 5) is 6.92. The molecule has 2 N–H and O–H groups in total. The zero-order valence-electron chi connectivity index (χ0n) is 11.1. The van der Waals surface area contributed by atoms with Crippen LogP contribution in [0.15, 0.2) is 4.99 Å². The van der Waals surface area contributed by atoms with E-state index in [1.54, 1.807) is 0 Å². The van der Waals surface area contributed by atoms with Gasteiger partial charge in [0.05, 0.1) is 12.1 Å². The number of guanidine groups is 1. The number of hydrogen-bond acceptors (Lipinski definition) is 3. The van der Waals surface area contributed by atoms with Gasteiger partial charge in [-0.3, -0.25) is 4.99 Å². The molecule has 0 radical (unpaired) electrons. The van der Waals surface area contributed by atoms with Gasteiger partial charge in [0.2, 0.25) is 0 Å². The fourth-order valence-corrected chi connectivity index (χ4v) is 3.42. The van der Waals surface area contributed by atoms with Gasteiger partial charge in [0.15, 0.2) is 5.96 Å². The van der Waals surface area contributed by atoms with Crippen molar-refractivity contribution in [2.45, 2.75) is 52.5 Å². The number of aliphatic imine (C=N–C) groups is 1. The molecular formula is C13H25N3. The highest BCUT2D eigenvalue weighted by atomic mass is 15.4. The summed E-state index contributed by atoms with van der Waals surface area (Å²) in [5, 5.41) is 0. The summed E-state index contributed by atoms with van der Waals surface area (Å²) in [7, 11) is 0. The molecule has 3 heteroatoms. The first-order valence-corrected chi connectivity index (χ1v) is 6.47. The molecule has 0 aromatic carbocycles. The van der Waals surface area contributed by atoms with E-state index in [1.165, 1.54) is 19.3 Å². The minimum atomic E-state index is 0.210. The zero-order chi connectivity index (χ0) is 12.0. The van der Waals surface area contributed by atoms with Crippen LogP contribution in [-0.4, -0.2) is 29.5 Å². The van der Waals surface area contributed by atoms with Gasteiger partial charge in [-0.1, -0.05) is 34.1 Å². The molecule has 1 aliphatic carbocycles. The van der Waals surface area contributed by atoms with E-state index in [1.807, 2.05) is 0 Å². The van der Waals surface area contributed by atoms with Crippen molar-refractivity contribution >= 4 is 5.96 Å². The molecule has 3 nitrogen and oxygen atoms in total. The monoisotopic (exact) mass is 223 g/mol. The summed E-state index contributed by atoms with van der Waals surface area (Å²) in [6.45, 7) is 11.2. The molecule has 1 aliphatic heterocycles. The van der Waals surface area contributed by atoms with E-state index in [0.29, 0.717) is 11.3 Å². The fraction of sp³-hybridized carbons (Fsp3) is 0.923. The standard InChI is InChI=1S/C13H25N3/c1-10(2)8-16-11(14)15-9-13(16)7-5-6-12(13,3)4/h10H,5-9H2,1-4H3,(H2,14,15). The van der Waals surface area contributed by atoms with Crippen LogP contribution in [0.5, 0.6) is 0 Å². The predicted octanol–water partition coefficient (Wildman–Crippen LogP) is 2.22. The van der Waals surface area contributed by atoms with Crippen LogP contribution < -0.4 is 5.73 Å². The highest BCUT2D eigenvalue weighted by molar-refractivity contribution is 5.81. The lowest BCUT2D eigenvalue weighted by Gasteiger charge is -2.46. The third-order valence-corrected chi connectivity index (χ3v) is 4.50. The van der Waals surface area contributed by atoms with Crippen LogP contribution in [0.2, 0.25) is 0 Å². The second kappa shape index (κ2) is 3.64. The van der Waals surface area contributed by atoms with Crippen molar-refractivity contribution in [3.8, 4) is 0 Å². The summed E-state index contributed by atoms with van der Waals surface area (Å²) < 4.78 is 0. The fourth-order valence-electron chi connectivity index (χ4n) is 3.42. The Kier molecular flexibility index (Phi) is 2.67. The minimum absolute atomic E-state index is 0.210. The van der Waals surface area contributed by atoms with Gasteiger partial charge in [-0.2, -0.15) is 0 Å². The summed E-state index contributed by atoms with van der Waals surface area (Å²) in [5.41, 5.74) is 6.63. The molecule has 1 unspecified atom stereocenters. The summed E-state index contributed by atoms with van der Waals surface area (Å²) in [6, 6.07) is 0. The Hall–Kier alpha value is -0.730. The first kappa shape index (κ1) is 11.7. The largest absolute Gasteiger partial charge is 0.370 e. The predicted molar refractivity (Wildman–Crippen MR) is 68.4 cm³/mol. The van der Waals surface area contributed by atoms with Gasteiger partial charge < -0.3 is 10.6 Å². The molecule has 92 valence electrons.